The largest absolute Gasteiger partial charge is 0.255 e. The van der Waals surface area contributed by atoms with Gasteiger partial charge in [0.2, 0.25) is 10.0 Å². The number of aromatic nitrogens is 2. The van der Waals surface area contributed by atoms with Gasteiger partial charge in [-0.2, -0.15) is 0 Å². The summed E-state index contributed by atoms with van der Waals surface area (Å²) >= 11 is 0. The number of rotatable bonds is 3. The SMILES string of the molecule is Cc1nc(C)c(CNS(C)(=O)=O)nc1C. The Kier molecular flexibility index (Phi) is 3.41. The van der Waals surface area contributed by atoms with Crippen LogP contribution in [0.3, 0.4) is 0 Å². The summed E-state index contributed by atoms with van der Waals surface area (Å²) in [6.45, 7) is 5.74. The quantitative estimate of drug-likeness (QED) is 0.817. The van der Waals surface area contributed by atoms with E-state index in [0.717, 1.165) is 23.3 Å². The number of hydrogen-bond donors (Lipinski definition) is 1. The first kappa shape index (κ1) is 12.1. The van der Waals surface area contributed by atoms with Crippen molar-refractivity contribution in [1.29, 1.82) is 0 Å². The van der Waals surface area contributed by atoms with Crippen LogP contribution in [0.25, 0.3) is 0 Å². The van der Waals surface area contributed by atoms with Crippen molar-refractivity contribution in [3.63, 3.8) is 0 Å². The molecule has 84 valence electrons. The maximum Gasteiger partial charge on any atom is 0.209 e. The lowest BCUT2D eigenvalue weighted by Crippen LogP contribution is -2.23. The van der Waals surface area contributed by atoms with Crippen LogP contribution < -0.4 is 4.72 Å². The van der Waals surface area contributed by atoms with Gasteiger partial charge in [0.25, 0.3) is 0 Å². The van der Waals surface area contributed by atoms with Gasteiger partial charge in [0.15, 0.2) is 0 Å². The molecule has 0 aromatic carbocycles. The van der Waals surface area contributed by atoms with Gasteiger partial charge in [0.1, 0.15) is 0 Å². The van der Waals surface area contributed by atoms with Crippen molar-refractivity contribution in [2.75, 3.05) is 6.26 Å². The van der Waals surface area contributed by atoms with Gasteiger partial charge in [-0.05, 0) is 20.8 Å². The number of nitrogens with zero attached hydrogens (tertiary/aromatic N) is 2. The first-order valence-electron chi connectivity index (χ1n) is 4.55. The van der Waals surface area contributed by atoms with Crippen molar-refractivity contribution in [2.45, 2.75) is 27.3 Å². The van der Waals surface area contributed by atoms with E-state index in [1.54, 1.807) is 0 Å². The third-order valence-corrected chi connectivity index (χ3v) is 2.75. The molecule has 0 fully saturated rings. The summed E-state index contributed by atoms with van der Waals surface area (Å²) in [5, 5.41) is 0. The average Bonchev–Trinajstić information content (AvgIpc) is 2.07. The van der Waals surface area contributed by atoms with Crippen LogP contribution >= 0.6 is 0 Å². The molecule has 1 rings (SSSR count). The lowest BCUT2D eigenvalue weighted by atomic mass is 10.2. The molecule has 0 saturated carbocycles. The summed E-state index contributed by atoms with van der Waals surface area (Å²) in [6.07, 6.45) is 1.12. The van der Waals surface area contributed by atoms with E-state index in [4.69, 9.17) is 0 Å². The summed E-state index contributed by atoms with van der Waals surface area (Å²) in [4.78, 5) is 8.56. The zero-order valence-electron chi connectivity index (χ0n) is 9.33. The Morgan fingerprint density at radius 2 is 1.60 bits per heavy atom. The van der Waals surface area contributed by atoms with Crippen LogP contribution in [0.15, 0.2) is 0 Å². The molecule has 0 amide bonds. The predicted octanol–water partition coefficient (Wildman–Crippen LogP) is 0.451. The van der Waals surface area contributed by atoms with Crippen molar-refractivity contribution >= 4 is 10.0 Å². The minimum atomic E-state index is -3.18. The van der Waals surface area contributed by atoms with Crippen LogP contribution in [-0.2, 0) is 16.6 Å². The second-order valence-corrected chi connectivity index (χ2v) is 5.35. The van der Waals surface area contributed by atoms with Crippen LogP contribution in [-0.4, -0.2) is 24.6 Å². The molecule has 6 heteroatoms. The van der Waals surface area contributed by atoms with Crippen LogP contribution in [0, 0.1) is 20.8 Å². The molecule has 1 heterocycles. The standard InChI is InChI=1S/C9H15N3O2S/c1-6-7(2)12-9(8(3)11-6)5-10-15(4,13)14/h10H,5H2,1-4H3. The molecule has 1 aromatic rings. The van der Waals surface area contributed by atoms with Gasteiger partial charge in [-0.15, -0.1) is 0 Å². The van der Waals surface area contributed by atoms with Crippen molar-refractivity contribution in [3.05, 3.63) is 22.8 Å². The maximum atomic E-state index is 10.9. The highest BCUT2D eigenvalue weighted by atomic mass is 32.2. The van der Waals surface area contributed by atoms with E-state index in [1.807, 2.05) is 20.8 Å². The van der Waals surface area contributed by atoms with Crippen molar-refractivity contribution in [1.82, 2.24) is 14.7 Å². The van der Waals surface area contributed by atoms with E-state index in [0.29, 0.717) is 5.69 Å². The minimum absolute atomic E-state index is 0.193. The smallest absolute Gasteiger partial charge is 0.209 e. The fourth-order valence-electron chi connectivity index (χ4n) is 1.13. The number of hydrogen-bond acceptors (Lipinski definition) is 4. The molecule has 0 aliphatic carbocycles. The molecule has 0 spiro atoms. The minimum Gasteiger partial charge on any atom is -0.255 e. The van der Waals surface area contributed by atoms with Gasteiger partial charge in [-0.25, -0.2) is 13.1 Å². The Hall–Kier alpha value is -1.01. The molecule has 0 atom stereocenters. The Labute approximate surface area is 90.0 Å². The Bertz CT molecular complexity index is 468. The molecular weight excluding hydrogens is 214 g/mol. The summed E-state index contributed by atoms with van der Waals surface area (Å²) < 4.78 is 24.2. The lowest BCUT2D eigenvalue weighted by molar-refractivity contribution is 0.586. The van der Waals surface area contributed by atoms with Crippen LogP contribution in [0.4, 0.5) is 0 Å². The third kappa shape index (κ3) is 3.56. The Balaban J connectivity index is 2.91. The fraction of sp³-hybridized carbons (Fsp3) is 0.556. The van der Waals surface area contributed by atoms with E-state index in [-0.39, 0.29) is 6.54 Å². The first-order valence-corrected chi connectivity index (χ1v) is 6.44. The van der Waals surface area contributed by atoms with Crippen LogP contribution in [0.5, 0.6) is 0 Å². The molecule has 0 radical (unpaired) electrons. The number of nitrogens with one attached hydrogen (secondary N) is 1. The van der Waals surface area contributed by atoms with Gasteiger partial charge in [0, 0.05) is 0 Å². The third-order valence-electron chi connectivity index (χ3n) is 2.08. The highest BCUT2D eigenvalue weighted by molar-refractivity contribution is 7.88. The molecule has 5 nitrogen and oxygen atoms in total. The van der Waals surface area contributed by atoms with Gasteiger partial charge in [0.05, 0.1) is 35.6 Å². The zero-order chi connectivity index (χ0) is 11.6. The van der Waals surface area contributed by atoms with E-state index in [9.17, 15) is 8.42 Å². The van der Waals surface area contributed by atoms with Gasteiger partial charge >= 0.3 is 0 Å². The molecule has 0 saturated heterocycles. The summed E-state index contributed by atoms with van der Waals surface area (Å²) in [6, 6.07) is 0. The monoisotopic (exact) mass is 229 g/mol. The van der Waals surface area contributed by atoms with Gasteiger partial charge in [-0.3, -0.25) is 9.97 Å². The molecule has 15 heavy (non-hydrogen) atoms. The summed E-state index contributed by atoms with van der Waals surface area (Å²) in [5.74, 6) is 0. The van der Waals surface area contributed by atoms with Crippen molar-refractivity contribution in [3.8, 4) is 0 Å². The second kappa shape index (κ2) is 4.24. The molecular formula is C9H15N3O2S. The highest BCUT2D eigenvalue weighted by Gasteiger charge is 2.07. The van der Waals surface area contributed by atoms with E-state index in [2.05, 4.69) is 14.7 Å². The normalized spacial score (nSPS) is 11.7. The molecule has 0 aliphatic rings. The number of aryl methyl sites for hydroxylation is 3. The van der Waals surface area contributed by atoms with Crippen molar-refractivity contribution < 1.29 is 8.42 Å². The first-order chi connectivity index (χ1) is 6.79. The highest BCUT2D eigenvalue weighted by Crippen LogP contribution is 2.06. The molecule has 0 bridgehead atoms. The Morgan fingerprint density at radius 1 is 1.07 bits per heavy atom. The Morgan fingerprint density at radius 3 is 2.13 bits per heavy atom. The topological polar surface area (TPSA) is 72.0 Å². The van der Waals surface area contributed by atoms with Crippen LogP contribution in [0.1, 0.15) is 22.8 Å². The van der Waals surface area contributed by atoms with E-state index in [1.165, 1.54) is 0 Å². The van der Waals surface area contributed by atoms with Crippen LogP contribution in [0.2, 0.25) is 0 Å². The molecule has 1 N–H and O–H groups in total. The summed E-state index contributed by atoms with van der Waals surface area (Å²) in [7, 11) is -3.18. The zero-order valence-corrected chi connectivity index (χ0v) is 10.1. The molecule has 0 aliphatic heterocycles. The molecule has 0 unspecified atom stereocenters. The summed E-state index contributed by atoms with van der Waals surface area (Å²) in [5.41, 5.74) is 3.12. The predicted molar refractivity (Wildman–Crippen MR) is 57.9 cm³/mol. The van der Waals surface area contributed by atoms with E-state index < -0.39 is 10.0 Å². The fourth-order valence-corrected chi connectivity index (χ4v) is 1.53. The van der Waals surface area contributed by atoms with Gasteiger partial charge < -0.3 is 0 Å². The lowest BCUT2D eigenvalue weighted by Gasteiger charge is -2.07. The number of sulfonamides is 1. The van der Waals surface area contributed by atoms with Crippen molar-refractivity contribution in [2.24, 2.45) is 0 Å². The molecule has 1 aromatic heterocycles. The second-order valence-electron chi connectivity index (χ2n) is 3.52. The van der Waals surface area contributed by atoms with Gasteiger partial charge in [-0.1, -0.05) is 0 Å². The maximum absolute atomic E-state index is 10.9. The average molecular weight is 229 g/mol. The van der Waals surface area contributed by atoms with E-state index >= 15 is 0 Å².